The van der Waals surface area contributed by atoms with Crippen molar-refractivity contribution in [3.8, 4) is 0 Å². The summed E-state index contributed by atoms with van der Waals surface area (Å²) in [4.78, 5) is 27.4. The number of rotatable bonds is 39. The van der Waals surface area contributed by atoms with Gasteiger partial charge in [-0.15, -0.1) is 0 Å². The average molecular weight is 720 g/mol. The fraction of sp³-hybridized carbons (Fsp3) is 0.867. The molecule has 0 aromatic heterocycles. The van der Waals surface area contributed by atoms with Crippen LogP contribution in [0.4, 0.5) is 0 Å². The molecule has 0 bridgehead atoms. The van der Waals surface area contributed by atoms with Crippen LogP contribution in [0.5, 0.6) is 0 Å². The first kappa shape index (κ1) is 49.3. The monoisotopic (exact) mass is 720 g/mol. The quantitative estimate of drug-likeness (QED) is 0.0387. The molecule has 0 aromatic carbocycles. The summed E-state index contributed by atoms with van der Waals surface area (Å²) < 4.78 is 11.1. The van der Waals surface area contributed by atoms with E-state index in [1.54, 1.807) is 12.2 Å². The maximum absolute atomic E-state index is 12.5. The molecule has 51 heavy (non-hydrogen) atoms. The van der Waals surface area contributed by atoms with Crippen molar-refractivity contribution in [1.82, 2.24) is 4.90 Å². The first-order valence-electron chi connectivity index (χ1n) is 22.1. The number of hydrogen-bond acceptors (Lipinski definition) is 6. The largest absolute Gasteiger partial charge is 0.463 e. The molecule has 300 valence electrons. The van der Waals surface area contributed by atoms with Crippen molar-refractivity contribution >= 4 is 11.9 Å². The van der Waals surface area contributed by atoms with E-state index >= 15 is 0 Å². The van der Waals surface area contributed by atoms with Gasteiger partial charge in [-0.05, 0) is 96.6 Å². The molecule has 0 aliphatic carbocycles. The summed E-state index contributed by atoms with van der Waals surface area (Å²) in [5.74, 6) is -0.319. The van der Waals surface area contributed by atoms with Gasteiger partial charge in [-0.2, -0.15) is 0 Å². The lowest BCUT2D eigenvalue weighted by Gasteiger charge is -2.22. The van der Waals surface area contributed by atoms with E-state index in [0.717, 1.165) is 129 Å². The maximum Gasteiger partial charge on any atom is 0.330 e. The fourth-order valence-corrected chi connectivity index (χ4v) is 6.59. The molecule has 0 heterocycles. The molecular formula is C45H85NO5. The molecule has 6 heteroatoms. The van der Waals surface area contributed by atoms with Gasteiger partial charge in [-0.1, -0.05) is 142 Å². The standard InChI is InChI=1S/C45H85NO5/c1-5-9-13-15-17-23-32-42(30-11-7-3)40-44(48)50-38-27-21-19-25-34-46(36-29-37-47)35-26-20-22-28-39-51-45(49)41-43(31-12-8-4)33-24-18-16-14-10-6-2/h40-41,47H,5-39H2,1-4H3/b42-40+,43-41?. The van der Waals surface area contributed by atoms with Crippen LogP contribution >= 0.6 is 0 Å². The SMILES string of the molecule is CCCCCCCCC(=CC(=O)OCCCCCCN(CCCO)CCCCCCOC(=O)/C=C(\CCCC)CCCCCCCC)CCCC. The van der Waals surface area contributed by atoms with Crippen LogP contribution in [-0.4, -0.2) is 61.4 Å². The van der Waals surface area contributed by atoms with E-state index in [1.165, 1.54) is 88.2 Å². The van der Waals surface area contributed by atoms with Crippen molar-refractivity contribution in [2.45, 2.75) is 214 Å². The zero-order chi connectivity index (χ0) is 37.5. The van der Waals surface area contributed by atoms with Gasteiger partial charge in [0.05, 0.1) is 13.2 Å². The summed E-state index contributed by atoms with van der Waals surface area (Å²) >= 11 is 0. The minimum atomic E-state index is -0.160. The van der Waals surface area contributed by atoms with Gasteiger partial charge in [0.15, 0.2) is 0 Å². The maximum atomic E-state index is 12.5. The van der Waals surface area contributed by atoms with Crippen LogP contribution in [0, 0.1) is 0 Å². The molecule has 0 saturated carbocycles. The molecule has 0 saturated heterocycles. The molecule has 6 nitrogen and oxygen atoms in total. The van der Waals surface area contributed by atoms with E-state index in [9.17, 15) is 14.7 Å². The number of hydrogen-bond donors (Lipinski definition) is 1. The average Bonchev–Trinajstić information content (AvgIpc) is 3.13. The van der Waals surface area contributed by atoms with Crippen molar-refractivity contribution in [3.05, 3.63) is 23.3 Å². The Balaban J connectivity index is 4.21. The van der Waals surface area contributed by atoms with Gasteiger partial charge >= 0.3 is 11.9 Å². The van der Waals surface area contributed by atoms with Crippen molar-refractivity contribution in [2.24, 2.45) is 0 Å². The molecule has 0 radical (unpaired) electrons. The second-order valence-electron chi connectivity index (χ2n) is 14.9. The highest BCUT2D eigenvalue weighted by Crippen LogP contribution is 2.19. The van der Waals surface area contributed by atoms with Gasteiger partial charge < -0.3 is 19.5 Å². The predicted molar refractivity (Wildman–Crippen MR) is 218 cm³/mol. The molecular weight excluding hydrogens is 634 g/mol. The van der Waals surface area contributed by atoms with Crippen molar-refractivity contribution in [2.75, 3.05) is 39.5 Å². The molecule has 0 aromatic rings. The van der Waals surface area contributed by atoms with E-state index in [-0.39, 0.29) is 18.5 Å². The molecule has 0 aliphatic rings. The Labute approximate surface area is 317 Å². The summed E-state index contributed by atoms with van der Waals surface area (Å²) in [6.07, 6.45) is 36.8. The van der Waals surface area contributed by atoms with E-state index in [2.05, 4.69) is 32.6 Å². The highest BCUT2D eigenvalue weighted by Gasteiger charge is 2.08. The van der Waals surface area contributed by atoms with Crippen LogP contribution in [0.15, 0.2) is 23.3 Å². The zero-order valence-electron chi connectivity index (χ0n) is 34.4. The Morgan fingerprint density at radius 2 is 0.765 bits per heavy atom. The number of aliphatic hydroxyl groups is 1. The van der Waals surface area contributed by atoms with Gasteiger partial charge in [-0.25, -0.2) is 9.59 Å². The lowest BCUT2D eigenvalue weighted by Crippen LogP contribution is -2.28. The first-order valence-corrected chi connectivity index (χ1v) is 22.1. The van der Waals surface area contributed by atoms with Gasteiger partial charge in [0.1, 0.15) is 0 Å². The van der Waals surface area contributed by atoms with Crippen LogP contribution in [0.2, 0.25) is 0 Å². The highest BCUT2D eigenvalue weighted by atomic mass is 16.5. The molecule has 0 rings (SSSR count). The summed E-state index contributed by atoms with van der Waals surface area (Å²) in [5.41, 5.74) is 2.53. The molecule has 0 unspecified atom stereocenters. The van der Waals surface area contributed by atoms with Gasteiger partial charge in [-0.3, -0.25) is 0 Å². The normalized spacial score (nSPS) is 12.2. The second kappa shape index (κ2) is 39.5. The summed E-state index contributed by atoms with van der Waals surface area (Å²) in [7, 11) is 0. The van der Waals surface area contributed by atoms with Crippen LogP contribution in [0.1, 0.15) is 214 Å². The number of carbonyl (C=O) groups excluding carboxylic acids is 2. The Morgan fingerprint density at radius 3 is 1.18 bits per heavy atom. The molecule has 0 spiro atoms. The summed E-state index contributed by atoms with van der Waals surface area (Å²) in [6.45, 7) is 13.2. The summed E-state index contributed by atoms with van der Waals surface area (Å²) in [6, 6.07) is 0. The number of esters is 2. The van der Waals surface area contributed by atoms with Crippen LogP contribution in [0.3, 0.4) is 0 Å². The van der Waals surface area contributed by atoms with Gasteiger partial charge in [0.2, 0.25) is 0 Å². The minimum absolute atomic E-state index is 0.160. The smallest absolute Gasteiger partial charge is 0.330 e. The Hall–Kier alpha value is -1.66. The molecule has 0 fully saturated rings. The Bertz CT molecular complexity index is 774. The lowest BCUT2D eigenvalue weighted by atomic mass is 10.0. The van der Waals surface area contributed by atoms with E-state index < -0.39 is 0 Å². The number of carbonyl (C=O) groups is 2. The number of allylic oxidation sites excluding steroid dienone is 2. The fourth-order valence-electron chi connectivity index (χ4n) is 6.59. The molecule has 1 N–H and O–H groups in total. The van der Waals surface area contributed by atoms with Crippen molar-refractivity contribution < 1.29 is 24.2 Å². The van der Waals surface area contributed by atoms with Crippen molar-refractivity contribution in [3.63, 3.8) is 0 Å². The van der Waals surface area contributed by atoms with Gasteiger partial charge in [0.25, 0.3) is 0 Å². The highest BCUT2D eigenvalue weighted by molar-refractivity contribution is 5.83. The number of aliphatic hydroxyl groups excluding tert-OH is 1. The van der Waals surface area contributed by atoms with Crippen LogP contribution < -0.4 is 0 Å². The van der Waals surface area contributed by atoms with E-state index in [1.807, 2.05) is 0 Å². The molecule has 0 amide bonds. The number of ether oxygens (including phenoxy) is 2. The lowest BCUT2D eigenvalue weighted by molar-refractivity contribution is -0.138. The molecule has 0 atom stereocenters. The van der Waals surface area contributed by atoms with Crippen LogP contribution in [0.25, 0.3) is 0 Å². The number of nitrogens with zero attached hydrogens (tertiary/aromatic N) is 1. The zero-order valence-corrected chi connectivity index (χ0v) is 34.4. The third-order valence-electron chi connectivity index (χ3n) is 9.91. The second-order valence-corrected chi connectivity index (χ2v) is 14.9. The van der Waals surface area contributed by atoms with Gasteiger partial charge in [0, 0.05) is 25.3 Å². The van der Waals surface area contributed by atoms with E-state index in [4.69, 9.17) is 9.47 Å². The van der Waals surface area contributed by atoms with Crippen molar-refractivity contribution in [1.29, 1.82) is 0 Å². The Morgan fingerprint density at radius 1 is 0.431 bits per heavy atom. The summed E-state index contributed by atoms with van der Waals surface area (Å²) in [5, 5.41) is 9.38. The number of unbranched alkanes of at least 4 members (excludes halogenated alkanes) is 18. The van der Waals surface area contributed by atoms with E-state index in [0.29, 0.717) is 13.2 Å². The third kappa shape index (κ3) is 35.2. The predicted octanol–water partition coefficient (Wildman–Crippen LogP) is 12.6. The topological polar surface area (TPSA) is 76.1 Å². The first-order chi connectivity index (χ1) is 25.0. The third-order valence-corrected chi connectivity index (χ3v) is 9.91. The Kier molecular flexibility index (Phi) is 38.3. The van der Waals surface area contributed by atoms with Crippen LogP contribution in [-0.2, 0) is 19.1 Å². The minimum Gasteiger partial charge on any atom is -0.463 e. The molecule has 0 aliphatic heterocycles.